The number of hydrogen-bond donors (Lipinski definition) is 1. The molecule has 1 aromatic heterocycles. The lowest BCUT2D eigenvalue weighted by Gasteiger charge is -2.08. The minimum atomic E-state index is 0.632. The van der Waals surface area contributed by atoms with Crippen LogP contribution >= 0.6 is 0 Å². The van der Waals surface area contributed by atoms with Crippen LogP contribution in [0.1, 0.15) is 5.56 Å². The molecule has 0 radical (unpaired) electrons. The van der Waals surface area contributed by atoms with E-state index < -0.39 is 0 Å². The van der Waals surface area contributed by atoms with Crippen LogP contribution in [0.15, 0.2) is 48.8 Å². The van der Waals surface area contributed by atoms with Gasteiger partial charge < -0.3 is 14.8 Å². The van der Waals surface area contributed by atoms with Gasteiger partial charge in [-0.1, -0.05) is 6.07 Å². The third kappa shape index (κ3) is 4.60. The number of pyridine rings is 1. The minimum absolute atomic E-state index is 0.632. The molecule has 0 spiro atoms. The van der Waals surface area contributed by atoms with Crippen molar-refractivity contribution in [2.45, 2.75) is 6.54 Å². The van der Waals surface area contributed by atoms with Gasteiger partial charge in [0.15, 0.2) is 0 Å². The second-order valence-electron chi connectivity index (χ2n) is 4.06. The molecule has 1 aromatic carbocycles. The molecule has 4 heteroatoms. The van der Waals surface area contributed by atoms with E-state index in [1.807, 2.05) is 42.6 Å². The molecule has 0 fully saturated rings. The molecule has 0 aliphatic heterocycles. The lowest BCUT2D eigenvalue weighted by atomic mass is 10.3. The molecule has 4 nitrogen and oxygen atoms in total. The summed E-state index contributed by atoms with van der Waals surface area (Å²) in [6.07, 6.45) is 3.63. The van der Waals surface area contributed by atoms with E-state index >= 15 is 0 Å². The molecule has 0 aliphatic rings. The van der Waals surface area contributed by atoms with Crippen LogP contribution in [-0.4, -0.2) is 25.2 Å². The second-order valence-corrected chi connectivity index (χ2v) is 4.06. The highest BCUT2D eigenvalue weighted by Crippen LogP contribution is 2.16. The van der Waals surface area contributed by atoms with Crippen molar-refractivity contribution in [1.82, 2.24) is 10.3 Å². The fourth-order valence-corrected chi connectivity index (χ4v) is 1.65. The molecule has 0 aliphatic carbocycles. The Morgan fingerprint density at radius 3 is 2.58 bits per heavy atom. The Bertz CT molecular complexity index is 471. The van der Waals surface area contributed by atoms with Gasteiger partial charge in [-0.3, -0.25) is 4.98 Å². The van der Waals surface area contributed by atoms with E-state index in [1.165, 1.54) is 5.56 Å². The van der Waals surface area contributed by atoms with E-state index in [-0.39, 0.29) is 0 Å². The molecule has 0 saturated heterocycles. The topological polar surface area (TPSA) is 43.4 Å². The Labute approximate surface area is 113 Å². The summed E-state index contributed by atoms with van der Waals surface area (Å²) in [5.41, 5.74) is 1.17. The van der Waals surface area contributed by atoms with E-state index in [0.717, 1.165) is 24.6 Å². The molecule has 0 atom stereocenters. The number of nitrogens with one attached hydrogen (secondary N) is 1. The monoisotopic (exact) mass is 258 g/mol. The zero-order chi connectivity index (χ0) is 13.3. The number of ether oxygens (including phenoxy) is 2. The zero-order valence-corrected chi connectivity index (χ0v) is 11.0. The van der Waals surface area contributed by atoms with E-state index in [2.05, 4.69) is 10.3 Å². The molecule has 1 N–H and O–H groups in total. The van der Waals surface area contributed by atoms with Crippen molar-refractivity contribution in [2.24, 2.45) is 0 Å². The normalized spacial score (nSPS) is 10.2. The number of rotatable bonds is 7. The van der Waals surface area contributed by atoms with Gasteiger partial charge in [-0.2, -0.15) is 0 Å². The Hall–Kier alpha value is -2.07. The van der Waals surface area contributed by atoms with Crippen molar-refractivity contribution in [3.8, 4) is 11.5 Å². The number of methoxy groups -OCH3 is 1. The summed E-state index contributed by atoms with van der Waals surface area (Å²) < 4.78 is 10.7. The van der Waals surface area contributed by atoms with Crippen molar-refractivity contribution >= 4 is 0 Å². The highest BCUT2D eigenvalue weighted by Gasteiger charge is 1.95. The number of benzene rings is 1. The molecule has 2 aromatic rings. The summed E-state index contributed by atoms with van der Waals surface area (Å²) in [5, 5.41) is 3.30. The standard InChI is InChI=1S/C15H18N2O2/c1-18-14-4-6-15(7-5-14)19-10-9-17-12-13-3-2-8-16-11-13/h2-8,11,17H,9-10,12H2,1H3. The van der Waals surface area contributed by atoms with Crippen LogP contribution < -0.4 is 14.8 Å². The highest BCUT2D eigenvalue weighted by molar-refractivity contribution is 5.31. The Balaban J connectivity index is 1.63. The van der Waals surface area contributed by atoms with Gasteiger partial charge in [0.05, 0.1) is 7.11 Å². The van der Waals surface area contributed by atoms with Gasteiger partial charge in [-0.15, -0.1) is 0 Å². The summed E-state index contributed by atoms with van der Waals surface area (Å²) in [6.45, 7) is 2.23. The summed E-state index contributed by atoms with van der Waals surface area (Å²) in [6, 6.07) is 11.6. The fourth-order valence-electron chi connectivity index (χ4n) is 1.65. The number of aromatic nitrogens is 1. The Kier molecular flexibility index (Phi) is 5.19. The van der Waals surface area contributed by atoms with Crippen LogP contribution in [0.25, 0.3) is 0 Å². The maximum absolute atomic E-state index is 5.61. The first-order valence-corrected chi connectivity index (χ1v) is 6.25. The van der Waals surface area contributed by atoms with Crippen LogP contribution in [0.3, 0.4) is 0 Å². The SMILES string of the molecule is COc1ccc(OCCNCc2cccnc2)cc1. The van der Waals surface area contributed by atoms with Gasteiger partial charge in [0.1, 0.15) is 18.1 Å². The summed E-state index contributed by atoms with van der Waals surface area (Å²) >= 11 is 0. The average Bonchev–Trinajstić information content (AvgIpc) is 2.49. The summed E-state index contributed by atoms with van der Waals surface area (Å²) in [5.74, 6) is 1.69. The van der Waals surface area contributed by atoms with Gasteiger partial charge in [0.2, 0.25) is 0 Å². The quantitative estimate of drug-likeness (QED) is 0.774. The van der Waals surface area contributed by atoms with E-state index in [0.29, 0.717) is 6.61 Å². The highest BCUT2D eigenvalue weighted by atomic mass is 16.5. The smallest absolute Gasteiger partial charge is 0.119 e. The van der Waals surface area contributed by atoms with Crippen molar-refractivity contribution in [3.63, 3.8) is 0 Å². The largest absolute Gasteiger partial charge is 0.497 e. The molecular formula is C15H18N2O2. The second kappa shape index (κ2) is 7.38. The van der Waals surface area contributed by atoms with Crippen LogP contribution in [0.4, 0.5) is 0 Å². The number of nitrogens with zero attached hydrogens (tertiary/aromatic N) is 1. The molecule has 19 heavy (non-hydrogen) atoms. The van der Waals surface area contributed by atoms with Crippen LogP contribution in [0.5, 0.6) is 11.5 Å². The van der Waals surface area contributed by atoms with Gasteiger partial charge in [-0.25, -0.2) is 0 Å². The van der Waals surface area contributed by atoms with Gasteiger partial charge >= 0.3 is 0 Å². The predicted molar refractivity (Wildman–Crippen MR) is 74.4 cm³/mol. The lowest BCUT2D eigenvalue weighted by Crippen LogP contribution is -2.20. The van der Waals surface area contributed by atoms with Crippen molar-refractivity contribution in [3.05, 3.63) is 54.4 Å². The lowest BCUT2D eigenvalue weighted by molar-refractivity contribution is 0.313. The molecule has 100 valence electrons. The fraction of sp³-hybridized carbons (Fsp3) is 0.267. The summed E-state index contributed by atoms with van der Waals surface area (Å²) in [4.78, 5) is 4.06. The van der Waals surface area contributed by atoms with Crippen molar-refractivity contribution in [1.29, 1.82) is 0 Å². The third-order valence-electron chi connectivity index (χ3n) is 2.66. The van der Waals surface area contributed by atoms with Crippen LogP contribution in [0, 0.1) is 0 Å². The van der Waals surface area contributed by atoms with Crippen molar-refractivity contribution in [2.75, 3.05) is 20.3 Å². The minimum Gasteiger partial charge on any atom is -0.497 e. The maximum atomic E-state index is 5.61. The first-order chi connectivity index (χ1) is 9.38. The molecule has 0 unspecified atom stereocenters. The first-order valence-electron chi connectivity index (χ1n) is 6.25. The first kappa shape index (κ1) is 13.4. The van der Waals surface area contributed by atoms with Gasteiger partial charge in [0, 0.05) is 25.5 Å². The Morgan fingerprint density at radius 1 is 1.11 bits per heavy atom. The van der Waals surface area contributed by atoms with Crippen LogP contribution in [0.2, 0.25) is 0 Å². The number of hydrogen-bond acceptors (Lipinski definition) is 4. The molecule has 0 amide bonds. The summed E-state index contributed by atoms with van der Waals surface area (Å²) in [7, 11) is 1.65. The Morgan fingerprint density at radius 2 is 1.89 bits per heavy atom. The molecule has 0 saturated carbocycles. The maximum Gasteiger partial charge on any atom is 0.119 e. The van der Waals surface area contributed by atoms with Gasteiger partial charge in [0.25, 0.3) is 0 Å². The molecule has 2 rings (SSSR count). The predicted octanol–water partition coefficient (Wildman–Crippen LogP) is 2.26. The molecule has 0 bridgehead atoms. The molecule has 1 heterocycles. The van der Waals surface area contributed by atoms with Gasteiger partial charge in [-0.05, 0) is 35.9 Å². The van der Waals surface area contributed by atoms with E-state index in [9.17, 15) is 0 Å². The van der Waals surface area contributed by atoms with Crippen molar-refractivity contribution < 1.29 is 9.47 Å². The average molecular weight is 258 g/mol. The van der Waals surface area contributed by atoms with E-state index in [4.69, 9.17) is 9.47 Å². The zero-order valence-electron chi connectivity index (χ0n) is 11.0. The van der Waals surface area contributed by atoms with E-state index in [1.54, 1.807) is 13.3 Å². The molecular weight excluding hydrogens is 240 g/mol. The third-order valence-corrected chi connectivity index (χ3v) is 2.66. The van der Waals surface area contributed by atoms with Crippen LogP contribution in [-0.2, 0) is 6.54 Å².